The van der Waals surface area contributed by atoms with Crippen molar-refractivity contribution >= 4 is 0 Å². The van der Waals surface area contributed by atoms with E-state index in [9.17, 15) is 4.79 Å². The molecule has 0 aliphatic carbocycles. The lowest BCUT2D eigenvalue weighted by molar-refractivity contribution is 1.02. The highest BCUT2D eigenvalue weighted by molar-refractivity contribution is 5.11. The van der Waals surface area contributed by atoms with Gasteiger partial charge < -0.3 is 5.10 Å². The van der Waals surface area contributed by atoms with Gasteiger partial charge in [-0.2, -0.15) is 0 Å². The summed E-state index contributed by atoms with van der Waals surface area (Å²) in [6.45, 7) is 7.64. The monoisotopic (exact) mass is 142 g/mol. The first-order valence-electron chi connectivity index (χ1n) is 3.45. The zero-order valence-corrected chi connectivity index (χ0v) is 6.91. The maximum absolute atomic E-state index is 10.6. The molecule has 0 bridgehead atoms. The standard InChI is InChI=1S/C5H8N2O.C2H6/c1-3-4(2)6-7-5(3)8;1-2/h1-2H3,(H2,6,7,8);1-2H3. The number of H-pyrrole nitrogens is 2. The summed E-state index contributed by atoms with van der Waals surface area (Å²) in [5, 5.41) is 5.16. The van der Waals surface area contributed by atoms with Crippen molar-refractivity contribution in [3.8, 4) is 0 Å². The van der Waals surface area contributed by atoms with Crippen LogP contribution in [-0.2, 0) is 0 Å². The number of aryl methyl sites for hydroxylation is 1. The molecule has 0 saturated carbocycles. The Hall–Kier alpha value is -0.990. The van der Waals surface area contributed by atoms with Gasteiger partial charge in [-0.25, -0.2) is 0 Å². The summed E-state index contributed by atoms with van der Waals surface area (Å²) in [7, 11) is 0. The minimum atomic E-state index is -0.0255. The van der Waals surface area contributed by atoms with Crippen molar-refractivity contribution in [1.82, 2.24) is 10.2 Å². The first kappa shape index (κ1) is 9.01. The second-order valence-electron chi connectivity index (χ2n) is 1.83. The molecule has 0 atom stereocenters. The molecule has 2 N–H and O–H groups in total. The van der Waals surface area contributed by atoms with Crippen LogP contribution in [0.4, 0.5) is 0 Å². The van der Waals surface area contributed by atoms with Gasteiger partial charge in [-0.15, -0.1) is 0 Å². The zero-order valence-electron chi connectivity index (χ0n) is 6.91. The highest BCUT2D eigenvalue weighted by Crippen LogP contribution is 1.90. The number of rotatable bonds is 0. The van der Waals surface area contributed by atoms with E-state index in [0.717, 1.165) is 11.3 Å². The summed E-state index contributed by atoms with van der Waals surface area (Å²) in [5.41, 5.74) is 1.66. The third-order valence-corrected chi connectivity index (χ3v) is 1.27. The SMILES string of the molecule is CC.Cc1[nH][nH]c(=O)c1C. The molecule has 0 aliphatic heterocycles. The predicted octanol–water partition coefficient (Wildman–Crippen LogP) is 1.35. The zero-order chi connectivity index (χ0) is 8.15. The van der Waals surface area contributed by atoms with E-state index >= 15 is 0 Å². The second-order valence-corrected chi connectivity index (χ2v) is 1.83. The van der Waals surface area contributed by atoms with Crippen molar-refractivity contribution < 1.29 is 0 Å². The molecular formula is C7H14N2O. The van der Waals surface area contributed by atoms with E-state index in [0.29, 0.717) is 0 Å². The molecular weight excluding hydrogens is 128 g/mol. The van der Waals surface area contributed by atoms with Gasteiger partial charge in [-0.3, -0.25) is 9.89 Å². The molecule has 3 nitrogen and oxygen atoms in total. The largest absolute Gasteiger partial charge is 0.302 e. The first-order chi connectivity index (χ1) is 4.72. The average Bonchev–Trinajstić information content (AvgIpc) is 2.25. The van der Waals surface area contributed by atoms with Crippen molar-refractivity contribution in [3.05, 3.63) is 21.6 Å². The van der Waals surface area contributed by atoms with Crippen LogP contribution in [0.15, 0.2) is 4.79 Å². The van der Waals surface area contributed by atoms with Crippen LogP contribution in [0.2, 0.25) is 0 Å². The van der Waals surface area contributed by atoms with Crippen molar-refractivity contribution in [1.29, 1.82) is 0 Å². The number of hydrogen-bond acceptors (Lipinski definition) is 1. The number of aromatic amines is 2. The molecule has 58 valence electrons. The topological polar surface area (TPSA) is 48.6 Å². The summed E-state index contributed by atoms with van der Waals surface area (Å²) in [5.74, 6) is 0. The Labute approximate surface area is 60.5 Å². The lowest BCUT2D eigenvalue weighted by atomic mass is 10.3. The molecule has 0 unspecified atom stereocenters. The van der Waals surface area contributed by atoms with Gasteiger partial charge in [-0.05, 0) is 13.8 Å². The minimum Gasteiger partial charge on any atom is -0.302 e. The fourth-order valence-electron chi connectivity index (χ4n) is 0.508. The van der Waals surface area contributed by atoms with Crippen LogP contribution in [0.5, 0.6) is 0 Å². The average molecular weight is 142 g/mol. The molecule has 0 aliphatic rings. The van der Waals surface area contributed by atoms with Crippen LogP contribution < -0.4 is 5.56 Å². The lowest BCUT2D eigenvalue weighted by Gasteiger charge is -1.78. The normalized spacial score (nSPS) is 8.40. The van der Waals surface area contributed by atoms with Gasteiger partial charge >= 0.3 is 0 Å². The summed E-state index contributed by atoms with van der Waals surface area (Å²) in [6.07, 6.45) is 0. The van der Waals surface area contributed by atoms with Crippen LogP contribution in [0.3, 0.4) is 0 Å². The van der Waals surface area contributed by atoms with E-state index in [-0.39, 0.29) is 5.56 Å². The lowest BCUT2D eigenvalue weighted by Crippen LogP contribution is -2.00. The van der Waals surface area contributed by atoms with Crippen molar-refractivity contribution in [2.45, 2.75) is 27.7 Å². The van der Waals surface area contributed by atoms with E-state index in [2.05, 4.69) is 10.2 Å². The van der Waals surface area contributed by atoms with E-state index in [1.807, 2.05) is 20.8 Å². The number of aromatic nitrogens is 2. The maximum atomic E-state index is 10.6. The van der Waals surface area contributed by atoms with Crippen LogP contribution in [0.1, 0.15) is 25.1 Å². The van der Waals surface area contributed by atoms with Gasteiger partial charge in [0.1, 0.15) is 0 Å². The molecule has 1 heterocycles. The Kier molecular flexibility index (Phi) is 3.54. The highest BCUT2D eigenvalue weighted by Gasteiger charge is 1.95. The van der Waals surface area contributed by atoms with Gasteiger partial charge in [0.15, 0.2) is 0 Å². The third-order valence-electron chi connectivity index (χ3n) is 1.27. The van der Waals surface area contributed by atoms with Crippen LogP contribution >= 0.6 is 0 Å². The van der Waals surface area contributed by atoms with Gasteiger partial charge in [-0.1, -0.05) is 13.8 Å². The predicted molar refractivity (Wildman–Crippen MR) is 42.2 cm³/mol. The summed E-state index contributed by atoms with van der Waals surface area (Å²) >= 11 is 0. The van der Waals surface area contributed by atoms with Crippen molar-refractivity contribution in [2.75, 3.05) is 0 Å². The molecule has 0 fully saturated rings. The molecule has 0 radical (unpaired) electrons. The Morgan fingerprint density at radius 1 is 1.10 bits per heavy atom. The number of nitrogens with one attached hydrogen (secondary N) is 2. The molecule has 0 spiro atoms. The van der Waals surface area contributed by atoms with Gasteiger partial charge in [0.05, 0.1) is 0 Å². The maximum Gasteiger partial charge on any atom is 0.267 e. The molecule has 0 amide bonds. The molecule has 10 heavy (non-hydrogen) atoms. The fourth-order valence-corrected chi connectivity index (χ4v) is 0.508. The Morgan fingerprint density at radius 3 is 1.70 bits per heavy atom. The summed E-state index contributed by atoms with van der Waals surface area (Å²) < 4.78 is 0. The Bertz CT molecular complexity index is 234. The molecule has 1 aromatic heterocycles. The summed E-state index contributed by atoms with van der Waals surface area (Å²) in [6, 6.07) is 0. The minimum absolute atomic E-state index is 0.0255. The van der Waals surface area contributed by atoms with Crippen molar-refractivity contribution in [2.24, 2.45) is 0 Å². The van der Waals surface area contributed by atoms with Crippen LogP contribution in [0.25, 0.3) is 0 Å². The van der Waals surface area contributed by atoms with Gasteiger partial charge in [0.2, 0.25) is 0 Å². The Morgan fingerprint density at radius 2 is 1.60 bits per heavy atom. The van der Waals surface area contributed by atoms with Gasteiger partial charge in [0.25, 0.3) is 5.56 Å². The quantitative estimate of drug-likeness (QED) is 0.564. The summed E-state index contributed by atoms with van der Waals surface area (Å²) in [4.78, 5) is 10.6. The fraction of sp³-hybridized carbons (Fsp3) is 0.571. The molecule has 1 aromatic rings. The molecule has 0 saturated heterocycles. The van der Waals surface area contributed by atoms with Crippen molar-refractivity contribution in [3.63, 3.8) is 0 Å². The van der Waals surface area contributed by atoms with E-state index in [4.69, 9.17) is 0 Å². The van der Waals surface area contributed by atoms with E-state index in [1.165, 1.54) is 0 Å². The van der Waals surface area contributed by atoms with Gasteiger partial charge in [0, 0.05) is 11.3 Å². The Balaban J connectivity index is 0.000000371. The van der Waals surface area contributed by atoms with Crippen LogP contribution in [-0.4, -0.2) is 10.2 Å². The molecule has 1 rings (SSSR count). The van der Waals surface area contributed by atoms with Crippen LogP contribution in [0, 0.1) is 13.8 Å². The highest BCUT2D eigenvalue weighted by atomic mass is 16.1. The molecule has 3 heteroatoms. The second kappa shape index (κ2) is 3.93. The molecule has 0 aromatic carbocycles. The first-order valence-corrected chi connectivity index (χ1v) is 3.45. The smallest absolute Gasteiger partial charge is 0.267 e. The number of hydrogen-bond donors (Lipinski definition) is 2. The van der Waals surface area contributed by atoms with E-state index in [1.54, 1.807) is 6.92 Å². The third kappa shape index (κ3) is 1.76. The van der Waals surface area contributed by atoms with E-state index < -0.39 is 0 Å².